The molecule has 154 valence electrons. The molecule has 1 fully saturated rings. The van der Waals surface area contributed by atoms with Crippen LogP contribution in [-0.2, 0) is 4.74 Å². The highest BCUT2D eigenvalue weighted by Crippen LogP contribution is 2.24. The molecule has 1 saturated heterocycles. The molecular weight excluding hydrogens is 392 g/mol. The molecule has 0 unspecified atom stereocenters. The van der Waals surface area contributed by atoms with Crippen molar-refractivity contribution in [3.05, 3.63) is 27.4 Å². The number of ether oxygens (including phenoxy) is 1. The number of halogens is 1. The van der Waals surface area contributed by atoms with Gasteiger partial charge < -0.3 is 14.5 Å². The number of anilines is 1. The van der Waals surface area contributed by atoms with E-state index in [-0.39, 0.29) is 22.6 Å². The van der Waals surface area contributed by atoms with E-state index in [4.69, 9.17) is 16.3 Å². The number of piperazine rings is 1. The smallest absolute Gasteiger partial charge is 0.410 e. The van der Waals surface area contributed by atoms with Crippen LogP contribution in [0.25, 0.3) is 0 Å². The minimum Gasteiger partial charge on any atom is -0.444 e. The van der Waals surface area contributed by atoms with Gasteiger partial charge in [0, 0.05) is 39.3 Å². The van der Waals surface area contributed by atoms with E-state index in [1.54, 1.807) is 30.6 Å². The molecule has 0 atom stereocenters. The van der Waals surface area contributed by atoms with Crippen molar-refractivity contribution in [2.24, 2.45) is 0 Å². The summed E-state index contributed by atoms with van der Waals surface area (Å²) in [5, 5.41) is 11.9. The fraction of sp³-hybridized carbons (Fsp3) is 0.562. The summed E-state index contributed by atoms with van der Waals surface area (Å²) >= 11 is 5.98. The van der Waals surface area contributed by atoms with Crippen LogP contribution in [0.15, 0.2) is 12.3 Å². The average Bonchev–Trinajstić information content (AvgIpc) is 2.61. The van der Waals surface area contributed by atoms with Gasteiger partial charge in [-0.2, -0.15) is 0 Å². The van der Waals surface area contributed by atoms with Crippen molar-refractivity contribution in [1.29, 1.82) is 0 Å². The van der Waals surface area contributed by atoms with E-state index in [0.29, 0.717) is 26.2 Å². The summed E-state index contributed by atoms with van der Waals surface area (Å²) in [4.78, 5) is 41.8. The Balaban J connectivity index is 1.91. The first kappa shape index (κ1) is 21.5. The molecule has 2 rings (SSSR count). The Morgan fingerprint density at radius 3 is 2.36 bits per heavy atom. The van der Waals surface area contributed by atoms with Crippen molar-refractivity contribution in [2.45, 2.75) is 26.4 Å². The lowest BCUT2D eigenvalue weighted by Crippen LogP contribution is -2.54. The second kappa shape index (κ2) is 8.46. The van der Waals surface area contributed by atoms with Gasteiger partial charge in [-0.3, -0.25) is 15.5 Å². The van der Waals surface area contributed by atoms with Crippen LogP contribution >= 0.6 is 11.6 Å². The lowest BCUT2D eigenvalue weighted by atomic mass is 10.2. The number of nitrogens with one attached hydrogen (secondary N) is 1. The van der Waals surface area contributed by atoms with Gasteiger partial charge in [0.2, 0.25) is 0 Å². The van der Waals surface area contributed by atoms with Gasteiger partial charge >= 0.3 is 12.1 Å². The summed E-state index contributed by atoms with van der Waals surface area (Å²) in [6.07, 6.45) is 0.638. The molecule has 1 aliphatic heterocycles. The molecule has 1 N–H and O–H groups in total. The Morgan fingerprint density at radius 1 is 1.29 bits per heavy atom. The number of pyridine rings is 1. The lowest BCUT2D eigenvalue weighted by Gasteiger charge is -2.37. The number of rotatable bonds is 3. The topological polar surface area (TPSA) is 121 Å². The number of nitro groups is 1. The standard InChI is InChI=1S/C16H23ClN6O5/c1-16(2,3)28-15(25)22-7-5-21(6-8-22)14(24)20(4)19-13-12(17)9-11(10-18-13)23(26)27/h9-10H,5-8H2,1-4H3,(H,18,19). The minimum absolute atomic E-state index is 0.0172. The van der Waals surface area contributed by atoms with E-state index >= 15 is 0 Å². The fourth-order valence-corrected chi connectivity index (χ4v) is 2.64. The molecule has 1 aromatic heterocycles. The number of amides is 3. The second-order valence-electron chi connectivity index (χ2n) is 7.19. The molecule has 1 aromatic rings. The molecule has 2 heterocycles. The van der Waals surface area contributed by atoms with E-state index in [9.17, 15) is 19.7 Å². The van der Waals surface area contributed by atoms with Gasteiger partial charge in [0.15, 0.2) is 5.82 Å². The highest BCUT2D eigenvalue weighted by molar-refractivity contribution is 6.33. The molecule has 0 saturated carbocycles. The van der Waals surface area contributed by atoms with E-state index in [2.05, 4.69) is 10.4 Å². The van der Waals surface area contributed by atoms with E-state index in [0.717, 1.165) is 12.3 Å². The number of hydrogen-bond donors (Lipinski definition) is 1. The molecule has 0 radical (unpaired) electrons. The maximum absolute atomic E-state index is 12.6. The van der Waals surface area contributed by atoms with Crippen molar-refractivity contribution in [2.75, 3.05) is 38.7 Å². The fourth-order valence-electron chi connectivity index (χ4n) is 2.44. The quantitative estimate of drug-likeness (QED) is 0.595. The van der Waals surface area contributed by atoms with Gasteiger partial charge in [-0.05, 0) is 20.8 Å². The zero-order valence-electron chi connectivity index (χ0n) is 16.1. The summed E-state index contributed by atoms with van der Waals surface area (Å²) in [7, 11) is 1.49. The predicted molar refractivity (Wildman–Crippen MR) is 102 cm³/mol. The number of carbonyl (C=O) groups is 2. The molecule has 1 aliphatic rings. The third-order valence-corrected chi connectivity index (χ3v) is 4.09. The van der Waals surface area contributed by atoms with E-state index in [1.807, 2.05) is 0 Å². The van der Waals surface area contributed by atoms with Crippen LogP contribution in [0.1, 0.15) is 20.8 Å². The first-order chi connectivity index (χ1) is 13.0. The van der Waals surface area contributed by atoms with Crippen molar-refractivity contribution in [3.63, 3.8) is 0 Å². The van der Waals surface area contributed by atoms with Gasteiger partial charge in [0.05, 0.1) is 9.95 Å². The summed E-state index contributed by atoms with van der Waals surface area (Å²) < 4.78 is 5.33. The maximum Gasteiger partial charge on any atom is 0.410 e. The number of hydrazine groups is 1. The number of aromatic nitrogens is 1. The van der Waals surface area contributed by atoms with Crippen LogP contribution in [0.5, 0.6) is 0 Å². The molecule has 11 nitrogen and oxygen atoms in total. The normalized spacial score (nSPS) is 14.5. The highest BCUT2D eigenvalue weighted by atomic mass is 35.5. The van der Waals surface area contributed by atoms with Crippen molar-refractivity contribution in [1.82, 2.24) is 19.8 Å². The Kier molecular flexibility index (Phi) is 6.49. The summed E-state index contributed by atoms with van der Waals surface area (Å²) in [6, 6.07) is 0.800. The minimum atomic E-state index is -0.609. The van der Waals surface area contributed by atoms with Crippen LogP contribution in [0.4, 0.5) is 21.1 Å². The Hall–Kier alpha value is -2.82. The zero-order chi connectivity index (χ0) is 21.1. The van der Waals surface area contributed by atoms with E-state index in [1.165, 1.54) is 12.1 Å². The van der Waals surface area contributed by atoms with Crippen LogP contribution < -0.4 is 5.43 Å². The predicted octanol–water partition coefficient (Wildman–Crippen LogP) is 2.57. The molecule has 12 heteroatoms. The summed E-state index contributed by atoms with van der Waals surface area (Å²) in [6.45, 7) is 6.76. The average molecular weight is 415 g/mol. The Morgan fingerprint density at radius 2 is 1.86 bits per heavy atom. The first-order valence-electron chi connectivity index (χ1n) is 8.55. The van der Waals surface area contributed by atoms with Crippen molar-refractivity contribution in [3.8, 4) is 0 Å². The van der Waals surface area contributed by atoms with Gasteiger partial charge in [-0.15, -0.1) is 0 Å². The molecule has 28 heavy (non-hydrogen) atoms. The van der Waals surface area contributed by atoms with Crippen LogP contribution in [-0.4, -0.2) is 75.7 Å². The van der Waals surface area contributed by atoms with Crippen LogP contribution in [0.3, 0.4) is 0 Å². The monoisotopic (exact) mass is 414 g/mol. The molecule has 0 bridgehead atoms. The van der Waals surface area contributed by atoms with E-state index < -0.39 is 16.6 Å². The van der Waals surface area contributed by atoms with Gasteiger partial charge in [0.1, 0.15) is 11.8 Å². The molecule has 0 aromatic carbocycles. The van der Waals surface area contributed by atoms with Gasteiger partial charge in [0.25, 0.3) is 5.69 Å². The third kappa shape index (κ3) is 5.59. The summed E-state index contributed by atoms with van der Waals surface area (Å²) in [5.74, 6) is 0.121. The lowest BCUT2D eigenvalue weighted by molar-refractivity contribution is -0.385. The molecule has 0 spiro atoms. The largest absolute Gasteiger partial charge is 0.444 e. The Labute approximate surface area is 167 Å². The molecular formula is C16H23ClN6O5. The van der Waals surface area contributed by atoms with Gasteiger partial charge in [-0.1, -0.05) is 11.6 Å². The molecule has 0 aliphatic carbocycles. The Bertz CT molecular complexity index is 760. The van der Waals surface area contributed by atoms with Crippen molar-refractivity contribution >= 4 is 35.2 Å². The van der Waals surface area contributed by atoms with Crippen LogP contribution in [0.2, 0.25) is 5.02 Å². The zero-order valence-corrected chi connectivity index (χ0v) is 16.9. The number of carbonyl (C=O) groups excluding carboxylic acids is 2. The number of nitrogens with zero attached hydrogens (tertiary/aromatic N) is 5. The number of hydrogen-bond acceptors (Lipinski definition) is 7. The summed E-state index contributed by atoms with van der Waals surface area (Å²) in [5.41, 5.74) is 1.88. The van der Waals surface area contributed by atoms with Crippen molar-refractivity contribution < 1.29 is 19.2 Å². The first-order valence-corrected chi connectivity index (χ1v) is 8.93. The third-order valence-electron chi connectivity index (χ3n) is 3.80. The maximum atomic E-state index is 12.6. The van der Waals surface area contributed by atoms with Crippen LogP contribution in [0, 0.1) is 10.1 Å². The second-order valence-corrected chi connectivity index (χ2v) is 7.60. The highest BCUT2D eigenvalue weighted by Gasteiger charge is 2.29. The SMILES string of the molecule is CN(Nc1ncc([N+](=O)[O-])cc1Cl)C(=O)N1CCN(C(=O)OC(C)(C)C)CC1. The molecule has 3 amide bonds. The van der Waals surface area contributed by atoms with Gasteiger partial charge in [-0.25, -0.2) is 19.6 Å². The number of urea groups is 1.